The minimum absolute atomic E-state index is 0.0673. The zero-order chi connectivity index (χ0) is 17.8. The second-order valence-corrected chi connectivity index (χ2v) is 5.46. The standard InChI is InChI=1S/C18H16F2N4O/c1-24-11-10-21-17(24)16(12-6-8-13(19)9-7-12)23-18(25)22-15-5-3-2-4-14(15)20/h2-11,16H,1H3,(H2,22,23,25)/t16-/m1/s1. The summed E-state index contributed by atoms with van der Waals surface area (Å²) in [5.74, 6) is -0.346. The number of para-hydroxylation sites is 1. The van der Waals surface area contributed by atoms with Gasteiger partial charge in [-0.05, 0) is 29.8 Å². The average molecular weight is 342 g/mol. The van der Waals surface area contributed by atoms with E-state index in [9.17, 15) is 13.6 Å². The van der Waals surface area contributed by atoms with E-state index in [0.29, 0.717) is 11.4 Å². The Bertz CT molecular complexity index is 877. The second kappa shape index (κ2) is 7.12. The minimum atomic E-state index is -0.618. The van der Waals surface area contributed by atoms with E-state index in [1.54, 1.807) is 42.2 Å². The number of hydrogen-bond acceptors (Lipinski definition) is 2. The van der Waals surface area contributed by atoms with Crippen LogP contribution in [0.4, 0.5) is 19.3 Å². The maximum Gasteiger partial charge on any atom is 0.320 e. The molecular formula is C18H16F2N4O. The Labute approximate surface area is 143 Å². The Morgan fingerprint density at radius 2 is 1.84 bits per heavy atom. The molecule has 2 amide bonds. The quantitative estimate of drug-likeness (QED) is 0.761. The van der Waals surface area contributed by atoms with Gasteiger partial charge in [0.05, 0.1) is 5.69 Å². The highest BCUT2D eigenvalue weighted by Crippen LogP contribution is 2.21. The lowest BCUT2D eigenvalue weighted by Crippen LogP contribution is -2.34. The maximum absolute atomic E-state index is 13.7. The lowest BCUT2D eigenvalue weighted by Gasteiger charge is -2.19. The van der Waals surface area contributed by atoms with Crippen LogP contribution in [0.15, 0.2) is 60.9 Å². The number of benzene rings is 2. The summed E-state index contributed by atoms with van der Waals surface area (Å²) >= 11 is 0. The van der Waals surface area contributed by atoms with Crippen molar-refractivity contribution in [3.63, 3.8) is 0 Å². The molecule has 0 radical (unpaired) electrons. The van der Waals surface area contributed by atoms with Crippen LogP contribution in [0.5, 0.6) is 0 Å². The van der Waals surface area contributed by atoms with Crippen molar-refractivity contribution in [2.75, 3.05) is 5.32 Å². The second-order valence-electron chi connectivity index (χ2n) is 5.46. The first kappa shape index (κ1) is 16.6. The Hall–Kier alpha value is -3.22. The van der Waals surface area contributed by atoms with Crippen LogP contribution in [0, 0.1) is 11.6 Å². The van der Waals surface area contributed by atoms with Crippen molar-refractivity contribution >= 4 is 11.7 Å². The number of carbonyl (C=O) groups excluding carboxylic acids is 1. The molecule has 0 aliphatic heterocycles. The summed E-state index contributed by atoms with van der Waals surface area (Å²) in [4.78, 5) is 16.6. The summed E-state index contributed by atoms with van der Waals surface area (Å²) in [7, 11) is 1.79. The summed E-state index contributed by atoms with van der Waals surface area (Å²) in [6.45, 7) is 0. The van der Waals surface area contributed by atoms with Gasteiger partial charge in [0.15, 0.2) is 0 Å². The topological polar surface area (TPSA) is 59.0 Å². The van der Waals surface area contributed by atoms with Gasteiger partial charge in [-0.2, -0.15) is 0 Å². The van der Waals surface area contributed by atoms with Crippen LogP contribution in [-0.2, 0) is 7.05 Å². The van der Waals surface area contributed by atoms with Gasteiger partial charge in [0.25, 0.3) is 0 Å². The van der Waals surface area contributed by atoms with Crippen LogP contribution in [-0.4, -0.2) is 15.6 Å². The normalized spacial score (nSPS) is 11.8. The molecule has 0 spiro atoms. The van der Waals surface area contributed by atoms with Crippen LogP contribution >= 0.6 is 0 Å². The summed E-state index contributed by atoms with van der Waals surface area (Å²) in [5.41, 5.74) is 0.720. The fourth-order valence-corrected chi connectivity index (χ4v) is 2.46. The minimum Gasteiger partial charge on any atom is -0.336 e. The molecule has 0 saturated heterocycles. The van der Waals surface area contributed by atoms with Gasteiger partial charge in [-0.25, -0.2) is 18.6 Å². The number of hydrogen-bond donors (Lipinski definition) is 2. The van der Waals surface area contributed by atoms with Crippen molar-refractivity contribution in [2.45, 2.75) is 6.04 Å². The van der Waals surface area contributed by atoms with Gasteiger partial charge in [-0.1, -0.05) is 24.3 Å². The molecule has 0 bridgehead atoms. The molecule has 1 heterocycles. The van der Waals surface area contributed by atoms with Crippen molar-refractivity contribution in [3.8, 4) is 0 Å². The number of imidazole rings is 1. The van der Waals surface area contributed by atoms with Crippen molar-refractivity contribution in [1.29, 1.82) is 0 Å². The molecule has 2 aromatic carbocycles. The van der Waals surface area contributed by atoms with Crippen molar-refractivity contribution in [1.82, 2.24) is 14.9 Å². The third-order valence-electron chi connectivity index (χ3n) is 3.72. The number of nitrogens with zero attached hydrogens (tertiary/aromatic N) is 2. The first-order valence-corrected chi connectivity index (χ1v) is 7.59. The molecule has 0 unspecified atom stereocenters. The van der Waals surface area contributed by atoms with Crippen molar-refractivity contribution < 1.29 is 13.6 Å². The van der Waals surface area contributed by atoms with Gasteiger partial charge in [-0.15, -0.1) is 0 Å². The average Bonchev–Trinajstić information content (AvgIpc) is 3.01. The number of urea groups is 1. The first-order valence-electron chi connectivity index (χ1n) is 7.59. The highest BCUT2D eigenvalue weighted by atomic mass is 19.1. The fraction of sp³-hybridized carbons (Fsp3) is 0.111. The van der Waals surface area contributed by atoms with Gasteiger partial charge in [-0.3, -0.25) is 0 Å². The summed E-state index contributed by atoms with van der Waals surface area (Å²) in [5, 5.41) is 5.22. The maximum atomic E-state index is 13.7. The third kappa shape index (κ3) is 3.82. The number of anilines is 1. The van der Waals surface area contributed by atoms with E-state index in [1.807, 2.05) is 0 Å². The molecule has 3 rings (SSSR count). The Morgan fingerprint density at radius 1 is 1.12 bits per heavy atom. The largest absolute Gasteiger partial charge is 0.336 e. The summed E-state index contributed by atoms with van der Waals surface area (Å²) in [6, 6.07) is 10.4. The molecule has 128 valence electrons. The van der Waals surface area contributed by atoms with E-state index in [0.717, 1.165) is 0 Å². The van der Waals surface area contributed by atoms with Crippen molar-refractivity contribution in [2.24, 2.45) is 7.05 Å². The Balaban J connectivity index is 1.85. The Kier molecular flexibility index (Phi) is 4.74. The zero-order valence-corrected chi connectivity index (χ0v) is 13.4. The van der Waals surface area contributed by atoms with E-state index in [4.69, 9.17) is 0 Å². The van der Waals surface area contributed by atoms with Gasteiger partial charge < -0.3 is 15.2 Å². The molecule has 25 heavy (non-hydrogen) atoms. The number of aryl methyl sites for hydroxylation is 1. The predicted molar refractivity (Wildman–Crippen MR) is 90.0 cm³/mol. The number of carbonyl (C=O) groups is 1. The van der Waals surface area contributed by atoms with Gasteiger partial charge >= 0.3 is 6.03 Å². The SMILES string of the molecule is Cn1ccnc1[C@H](NC(=O)Nc1ccccc1F)c1ccc(F)cc1. The van der Waals surface area contributed by atoms with Crippen molar-refractivity contribution in [3.05, 3.63) is 83.9 Å². The Morgan fingerprint density at radius 3 is 2.48 bits per heavy atom. The van der Waals surface area contributed by atoms with Crippen LogP contribution in [0.3, 0.4) is 0 Å². The van der Waals surface area contributed by atoms with Crippen LogP contribution in [0.25, 0.3) is 0 Å². The molecule has 0 aliphatic carbocycles. The molecule has 7 heteroatoms. The lowest BCUT2D eigenvalue weighted by molar-refractivity contribution is 0.249. The van der Waals surface area contributed by atoms with Gasteiger partial charge in [0.2, 0.25) is 0 Å². The van der Waals surface area contributed by atoms with Crippen LogP contribution in [0.2, 0.25) is 0 Å². The zero-order valence-electron chi connectivity index (χ0n) is 13.4. The number of amides is 2. The molecule has 1 atom stereocenters. The molecule has 5 nitrogen and oxygen atoms in total. The van der Waals surface area contributed by atoms with E-state index in [2.05, 4.69) is 15.6 Å². The molecule has 0 aliphatic rings. The fourth-order valence-electron chi connectivity index (χ4n) is 2.46. The molecule has 3 aromatic rings. The van der Waals surface area contributed by atoms with E-state index >= 15 is 0 Å². The highest BCUT2D eigenvalue weighted by Gasteiger charge is 2.21. The lowest BCUT2D eigenvalue weighted by atomic mass is 10.1. The molecule has 0 fully saturated rings. The van der Waals surface area contributed by atoms with E-state index < -0.39 is 17.9 Å². The van der Waals surface area contributed by atoms with Gasteiger partial charge in [0.1, 0.15) is 23.5 Å². The monoisotopic (exact) mass is 342 g/mol. The smallest absolute Gasteiger partial charge is 0.320 e. The number of halogens is 2. The predicted octanol–water partition coefficient (Wildman–Crippen LogP) is 3.61. The van der Waals surface area contributed by atoms with E-state index in [1.165, 1.54) is 30.3 Å². The van der Waals surface area contributed by atoms with Gasteiger partial charge in [0, 0.05) is 19.4 Å². The molecule has 0 saturated carbocycles. The number of nitrogens with one attached hydrogen (secondary N) is 2. The number of rotatable bonds is 4. The first-order chi connectivity index (χ1) is 12.0. The van der Waals surface area contributed by atoms with Crippen LogP contribution in [0.1, 0.15) is 17.4 Å². The molecule has 2 N–H and O–H groups in total. The molecular weight excluding hydrogens is 326 g/mol. The molecule has 1 aromatic heterocycles. The third-order valence-corrected chi connectivity index (χ3v) is 3.72. The summed E-state index contributed by atoms with van der Waals surface area (Å²) < 4.78 is 28.6. The van der Waals surface area contributed by atoms with Crippen LogP contribution < -0.4 is 10.6 Å². The van der Waals surface area contributed by atoms with E-state index in [-0.39, 0.29) is 11.5 Å². The number of aromatic nitrogens is 2. The summed E-state index contributed by atoms with van der Waals surface area (Å²) in [6.07, 6.45) is 3.34. The highest BCUT2D eigenvalue weighted by molar-refractivity contribution is 5.89.